The van der Waals surface area contributed by atoms with Crippen molar-refractivity contribution in [3.63, 3.8) is 0 Å². The molecule has 1 aliphatic rings. The second-order valence-electron chi connectivity index (χ2n) is 4.49. The van der Waals surface area contributed by atoms with Gasteiger partial charge in [-0.25, -0.2) is 4.99 Å². The lowest BCUT2D eigenvalue weighted by Gasteiger charge is -1.91. The van der Waals surface area contributed by atoms with E-state index < -0.39 is 5.91 Å². The molecule has 0 aliphatic carbocycles. The van der Waals surface area contributed by atoms with Crippen molar-refractivity contribution in [1.82, 2.24) is 0 Å². The summed E-state index contributed by atoms with van der Waals surface area (Å²) >= 11 is 0. The van der Waals surface area contributed by atoms with E-state index in [0.29, 0.717) is 0 Å². The number of hydrogen-bond donors (Lipinski definition) is 1. The lowest BCUT2D eigenvalue weighted by Crippen LogP contribution is -2.12. The quantitative estimate of drug-likeness (QED) is 0.646. The van der Waals surface area contributed by atoms with Gasteiger partial charge in [-0.1, -0.05) is 35.1 Å². The molecule has 1 rings (SSSR count). The first-order valence-electron chi connectivity index (χ1n) is 8.07. The monoisotopic (exact) mass is 425 g/mol. The van der Waals surface area contributed by atoms with E-state index in [4.69, 9.17) is 5.73 Å². The molecular weight excluding hydrogens is 406 g/mol. The predicted molar refractivity (Wildman–Crippen MR) is 129 cm³/mol. The number of amides is 1. The van der Waals surface area contributed by atoms with Crippen molar-refractivity contribution >= 4 is 64.1 Å². The topological polar surface area (TPSA) is 117 Å². The molecule has 148 valence electrons. The van der Waals surface area contributed by atoms with Gasteiger partial charge in [0.2, 0.25) is 0 Å². The van der Waals surface area contributed by atoms with Gasteiger partial charge in [0.25, 0.3) is 5.91 Å². The maximum atomic E-state index is 11.3. The van der Waals surface area contributed by atoms with Crippen molar-refractivity contribution in [2.24, 2.45) is 35.7 Å². The summed E-state index contributed by atoms with van der Waals surface area (Å²) in [4.78, 5) is 35.1. The molecule has 0 aromatic rings. The van der Waals surface area contributed by atoms with Crippen LogP contribution in [-0.4, -0.2) is 42.5 Å². The summed E-state index contributed by atoms with van der Waals surface area (Å²) < 4.78 is 0. The molecule has 0 atom stereocenters. The van der Waals surface area contributed by atoms with Crippen molar-refractivity contribution in [1.29, 1.82) is 0 Å². The molecule has 29 heavy (non-hydrogen) atoms. The molecule has 1 heterocycles. The number of nitrogens with two attached hydrogens (primary N) is 1. The van der Waals surface area contributed by atoms with E-state index in [0.717, 1.165) is 0 Å². The van der Waals surface area contributed by atoms with E-state index in [9.17, 15) is 4.79 Å². The minimum absolute atomic E-state index is 0.0137. The zero-order valence-electron chi connectivity index (χ0n) is 15.3. The van der Waals surface area contributed by atoms with Crippen LogP contribution in [0.1, 0.15) is 0 Å². The van der Waals surface area contributed by atoms with Crippen LogP contribution < -0.4 is 5.73 Å². The van der Waals surface area contributed by atoms with Crippen LogP contribution in [0.25, 0.3) is 0 Å². The maximum Gasteiger partial charge on any atom is 0.268 e. The number of nitrogens with zero attached hydrogens (tertiary/aromatic N) is 6. The van der Waals surface area contributed by atoms with Gasteiger partial charge < -0.3 is 5.73 Å². The fourth-order valence-electron chi connectivity index (χ4n) is 1.29. The third kappa shape index (κ3) is 15.4. The Kier molecular flexibility index (Phi) is 14.7. The highest BCUT2D eigenvalue weighted by Crippen LogP contribution is 2.19. The molecule has 1 amide bonds. The molecule has 0 radical (unpaired) electrons. The minimum atomic E-state index is -0.686. The van der Waals surface area contributed by atoms with E-state index in [1.807, 2.05) is 29.7 Å². The molecular formula is C19H19N7OS2. The zero-order chi connectivity index (χ0) is 20.8. The molecule has 1 aliphatic heterocycles. The fraction of sp³-hybridized carbons (Fsp3) is 0. The average molecular weight is 426 g/mol. The maximum absolute atomic E-state index is 11.3. The third-order valence-electron chi connectivity index (χ3n) is 2.44. The van der Waals surface area contributed by atoms with Crippen LogP contribution >= 0.6 is 21.6 Å². The van der Waals surface area contributed by atoms with Gasteiger partial charge in [0.05, 0.1) is 11.7 Å². The fourth-order valence-corrected chi connectivity index (χ4v) is 2.36. The van der Waals surface area contributed by atoms with Crippen LogP contribution in [0.4, 0.5) is 0 Å². The van der Waals surface area contributed by atoms with Gasteiger partial charge in [0.15, 0.2) is 0 Å². The lowest BCUT2D eigenvalue weighted by molar-refractivity contribution is -0.114. The number of aliphatic imine (C=N–C) groups is 6. The summed E-state index contributed by atoms with van der Waals surface area (Å²) in [5.41, 5.74) is 6.84. The standard InChI is InChI=1S/C19H19N7OS2/c20-19(27)18-16-25-17-29-28-15-5-3-1-2-4-6-21-7-8-22-9-10-23-11-12-24-13-14-26-18/h1-17H,(H2,20,27). The highest BCUT2D eigenvalue weighted by Gasteiger charge is 1.99. The van der Waals surface area contributed by atoms with Gasteiger partial charge in [-0.15, -0.1) is 0 Å². The van der Waals surface area contributed by atoms with Gasteiger partial charge in [-0.3, -0.25) is 29.8 Å². The average Bonchev–Trinajstić information content (AvgIpc) is 2.71. The normalized spacial score (nSPS) is 16.3. The summed E-state index contributed by atoms with van der Waals surface area (Å²) in [5.74, 6) is -0.686. The second kappa shape index (κ2) is 18.0. The van der Waals surface area contributed by atoms with Crippen molar-refractivity contribution < 1.29 is 4.79 Å². The van der Waals surface area contributed by atoms with Crippen LogP contribution in [0.5, 0.6) is 0 Å². The van der Waals surface area contributed by atoms with Gasteiger partial charge in [0, 0.05) is 55.9 Å². The van der Waals surface area contributed by atoms with Crippen molar-refractivity contribution in [3.8, 4) is 0 Å². The van der Waals surface area contributed by atoms with Crippen LogP contribution in [0.15, 0.2) is 102 Å². The Balaban J connectivity index is 2.80. The van der Waals surface area contributed by atoms with Crippen LogP contribution in [0.3, 0.4) is 0 Å². The number of hydrogen-bond acceptors (Lipinski definition) is 9. The Morgan fingerprint density at radius 2 is 1.28 bits per heavy atom. The number of rotatable bonds is 1. The molecule has 0 bridgehead atoms. The largest absolute Gasteiger partial charge is 0.364 e. The van der Waals surface area contributed by atoms with E-state index in [1.54, 1.807) is 30.2 Å². The molecule has 8 nitrogen and oxygen atoms in total. The summed E-state index contributed by atoms with van der Waals surface area (Å²) in [7, 11) is 2.84. The summed E-state index contributed by atoms with van der Waals surface area (Å²) in [6.45, 7) is 0. The van der Waals surface area contributed by atoms with Crippen LogP contribution in [0, 0.1) is 0 Å². The van der Waals surface area contributed by atoms with Crippen LogP contribution in [0.2, 0.25) is 0 Å². The first kappa shape index (κ1) is 23.7. The Bertz CT molecular complexity index is 858. The highest BCUT2D eigenvalue weighted by molar-refractivity contribution is 8.82. The van der Waals surface area contributed by atoms with Gasteiger partial charge >= 0.3 is 0 Å². The number of primary amides is 1. The molecule has 0 saturated carbocycles. The zero-order valence-corrected chi connectivity index (χ0v) is 16.9. The number of carbonyl (C=O) groups is 1. The molecule has 0 spiro atoms. The summed E-state index contributed by atoms with van der Waals surface area (Å²) in [6, 6.07) is 0. The van der Waals surface area contributed by atoms with Crippen molar-refractivity contribution in [2.75, 3.05) is 0 Å². The van der Waals surface area contributed by atoms with Gasteiger partial charge in [-0.2, -0.15) is 0 Å². The van der Waals surface area contributed by atoms with E-state index in [2.05, 4.69) is 30.0 Å². The molecule has 0 aromatic carbocycles. The highest BCUT2D eigenvalue weighted by atomic mass is 33.1. The van der Waals surface area contributed by atoms with E-state index >= 15 is 0 Å². The number of allylic oxidation sites excluding steroid dienone is 5. The van der Waals surface area contributed by atoms with Crippen molar-refractivity contribution in [3.05, 3.63) is 72.5 Å². The van der Waals surface area contributed by atoms with Gasteiger partial charge in [0.1, 0.15) is 5.70 Å². The molecule has 0 saturated heterocycles. The van der Waals surface area contributed by atoms with Crippen LogP contribution in [-0.2, 0) is 4.79 Å². The predicted octanol–water partition coefficient (Wildman–Crippen LogP) is 3.66. The molecule has 10 heteroatoms. The third-order valence-corrected chi connectivity index (χ3v) is 3.95. The Hall–Kier alpha value is -3.37. The minimum Gasteiger partial charge on any atom is -0.364 e. The summed E-state index contributed by atoms with van der Waals surface area (Å²) in [5, 5.41) is 1.89. The van der Waals surface area contributed by atoms with E-state index in [-0.39, 0.29) is 5.70 Å². The Labute approximate surface area is 177 Å². The first-order valence-corrected chi connectivity index (χ1v) is 10.3. The van der Waals surface area contributed by atoms with Crippen molar-refractivity contribution in [2.45, 2.75) is 0 Å². The smallest absolute Gasteiger partial charge is 0.268 e. The second-order valence-corrected chi connectivity index (χ2v) is 6.51. The Morgan fingerprint density at radius 1 is 0.690 bits per heavy atom. The molecule has 0 aromatic heterocycles. The molecule has 0 unspecified atom stereocenters. The number of carbonyl (C=O) groups excluding carboxylic acids is 1. The first-order chi connectivity index (χ1) is 14.3. The Morgan fingerprint density at radius 3 is 1.97 bits per heavy atom. The SMILES string of the molecule is NC(=O)C1=CN=CSSC=CC=CC=CC=NC=CN=CC=NC=CN=CC=N1. The molecule has 0 fully saturated rings. The molecule has 2 N–H and O–H groups in total. The lowest BCUT2D eigenvalue weighted by atomic mass is 10.4. The van der Waals surface area contributed by atoms with E-state index in [1.165, 1.54) is 65.0 Å². The van der Waals surface area contributed by atoms with Gasteiger partial charge in [-0.05, 0) is 22.3 Å². The summed E-state index contributed by atoms with van der Waals surface area (Å²) in [6.07, 6.45) is 24.0.